The third kappa shape index (κ3) is 5.01. The number of halogens is 3. The fourth-order valence-electron chi connectivity index (χ4n) is 3.56. The molecule has 1 aliphatic carbocycles. The summed E-state index contributed by atoms with van der Waals surface area (Å²) in [6.45, 7) is 0. The van der Waals surface area contributed by atoms with Crippen molar-refractivity contribution < 1.29 is 56.4 Å². The molecule has 0 saturated carbocycles. The summed E-state index contributed by atoms with van der Waals surface area (Å²) in [6.07, 6.45) is 7.94. The van der Waals surface area contributed by atoms with Crippen LogP contribution < -0.4 is 37.2 Å². The second-order valence-corrected chi connectivity index (χ2v) is 8.86. The van der Waals surface area contributed by atoms with Gasteiger partial charge >= 0.3 is 159 Å². The van der Waals surface area contributed by atoms with Crippen molar-refractivity contribution in [3.05, 3.63) is 130 Å². The van der Waals surface area contributed by atoms with E-state index in [2.05, 4.69) is 109 Å². The van der Waals surface area contributed by atoms with Gasteiger partial charge in [-0.05, 0) is 0 Å². The van der Waals surface area contributed by atoms with E-state index in [-0.39, 0.29) is 40.9 Å². The zero-order valence-corrected chi connectivity index (χ0v) is 19.1. The van der Waals surface area contributed by atoms with Gasteiger partial charge < -0.3 is 37.2 Å². The number of allylic oxidation sites excluding steroid dienone is 4. The average molecular weight is 463 g/mol. The molecule has 0 N–H and O–H groups in total. The Morgan fingerprint density at radius 3 is 1.29 bits per heavy atom. The SMILES string of the molecule is C1=CC[C]([Ti+3][C](c2ccccc2)(c2ccccc2)c2ccccc2)=C1.[Cl-].[Cl-].[Cl-]. The monoisotopic (exact) mass is 461 g/mol. The zero-order chi connectivity index (χ0) is 17.0. The summed E-state index contributed by atoms with van der Waals surface area (Å²) in [7, 11) is 0. The summed E-state index contributed by atoms with van der Waals surface area (Å²) in [5.41, 5.74) is 4.21. The predicted molar refractivity (Wildman–Crippen MR) is 101 cm³/mol. The molecule has 0 nitrogen and oxygen atoms in total. The first kappa shape index (κ1) is 24.8. The molecule has 4 rings (SSSR count). The topological polar surface area (TPSA) is 0 Å². The second kappa shape index (κ2) is 11.7. The molecule has 3 aromatic carbocycles. The van der Waals surface area contributed by atoms with Crippen LogP contribution in [0.2, 0.25) is 0 Å². The van der Waals surface area contributed by atoms with Crippen LogP contribution in [0.3, 0.4) is 0 Å². The largest absolute Gasteiger partial charge is 1.00 e. The molecular weight excluding hydrogens is 442 g/mol. The molecule has 0 amide bonds. The van der Waals surface area contributed by atoms with E-state index in [1.807, 2.05) is 0 Å². The van der Waals surface area contributed by atoms with Crippen molar-refractivity contribution in [2.75, 3.05) is 0 Å². The first-order valence-corrected chi connectivity index (χ1v) is 10.3. The third-order valence-electron chi connectivity index (χ3n) is 4.74. The van der Waals surface area contributed by atoms with Crippen molar-refractivity contribution in [3.8, 4) is 0 Å². The van der Waals surface area contributed by atoms with Gasteiger partial charge in [0.25, 0.3) is 0 Å². The van der Waals surface area contributed by atoms with Crippen LogP contribution in [-0.2, 0) is 22.9 Å². The normalized spacial score (nSPS) is 11.9. The van der Waals surface area contributed by atoms with Crippen LogP contribution >= 0.6 is 0 Å². The van der Waals surface area contributed by atoms with Crippen molar-refractivity contribution in [3.63, 3.8) is 0 Å². The Labute approximate surface area is 195 Å². The van der Waals surface area contributed by atoms with Crippen molar-refractivity contribution >= 4 is 0 Å². The Morgan fingerprint density at radius 1 is 0.571 bits per heavy atom. The number of benzene rings is 3. The standard InChI is InChI=1S/C19H15.C5H5.3ClH.Ti/c1-4-10-16(11-5-1)19(17-12-6-2-7-13-17)18-14-8-3-9-15-18;1-2-4-5-3-1;;;;/h1-15H;1-3H,4H2;3*1H;/q;;;;;+3/p-3. The van der Waals surface area contributed by atoms with E-state index in [4.69, 9.17) is 0 Å². The molecule has 0 unspecified atom stereocenters. The maximum Gasteiger partial charge on any atom is -1.00 e. The Morgan fingerprint density at radius 2 is 0.964 bits per heavy atom. The van der Waals surface area contributed by atoms with Gasteiger partial charge in [-0.25, -0.2) is 0 Å². The van der Waals surface area contributed by atoms with Crippen LogP contribution in [-0.4, -0.2) is 0 Å². The van der Waals surface area contributed by atoms with Crippen LogP contribution in [0.4, 0.5) is 0 Å². The van der Waals surface area contributed by atoms with Crippen molar-refractivity contribution in [1.82, 2.24) is 0 Å². The van der Waals surface area contributed by atoms with Crippen LogP contribution in [0, 0.1) is 0 Å². The van der Waals surface area contributed by atoms with Crippen LogP contribution in [0.1, 0.15) is 23.1 Å². The van der Waals surface area contributed by atoms with Gasteiger partial charge in [0.05, 0.1) is 0 Å². The van der Waals surface area contributed by atoms with Crippen LogP contribution in [0.15, 0.2) is 113 Å². The third-order valence-corrected chi connectivity index (χ3v) is 7.76. The minimum absolute atomic E-state index is 0. The van der Waals surface area contributed by atoms with Crippen molar-refractivity contribution in [2.24, 2.45) is 0 Å². The van der Waals surface area contributed by atoms with Gasteiger partial charge in [0.15, 0.2) is 0 Å². The van der Waals surface area contributed by atoms with E-state index in [1.54, 1.807) is 3.88 Å². The van der Waals surface area contributed by atoms with E-state index >= 15 is 0 Å². The molecule has 0 aliphatic heterocycles. The van der Waals surface area contributed by atoms with Gasteiger partial charge in [-0.1, -0.05) is 0 Å². The maximum absolute atomic E-state index is 2.34. The maximum atomic E-state index is 2.34. The van der Waals surface area contributed by atoms with E-state index in [9.17, 15) is 0 Å². The summed E-state index contributed by atoms with van der Waals surface area (Å²) in [6, 6.07) is 33.1. The van der Waals surface area contributed by atoms with Crippen LogP contribution in [0.25, 0.3) is 0 Å². The summed E-state index contributed by atoms with van der Waals surface area (Å²) in [5, 5.41) is 0. The molecule has 0 atom stereocenters. The average Bonchev–Trinajstić information content (AvgIpc) is 3.21. The van der Waals surface area contributed by atoms with Crippen molar-refractivity contribution in [2.45, 2.75) is 10.1 Å². The molecule has 1 aliphatic rings. The van der Waals surface area contributed by atoms with E-state index < -0.39 is 19.2 Å². The Balaban J connectivity index is 0.00000131. The van der Waals surface area contributed by atoms with Gasteiger partial charge in [-0.15, -0.1) is 0 Å². The van der Waals surface area contributed by atoms with Gasteiger partial charge in [-0.2, -0.15) is 0 Å². The quantitative estimate of drug-likeness (QED) is 0.279. The zero-order valence-electron chi connectivity index (χ0n) is 15.2. The minimum atomic E-state index is -0.441. The Kier molecular flexibility index (Phi) is 10.3. The number of hydrogen-bond acceptors (Lipinski definition) is 0. The fourth-order valence-corrected chi connectivity index (χ4v) is 6.39. The minimum Gasteiger partial charge on any atom is -1.00 e. The number of hydrogen-bond donors (Lipinski definition) is 0. The second-order valence-electron chi connectivity index (χ2n) is 6.30. The van der Waals surface area contributed by atoms with Gasteiger partial charge in [0, 0.05) is 0 Å². The van der Waals surface area contributed by atoms with Crippen molar-refractivity contribution in [1.29, 1.82) is 0 Å². The van der Waals surface area contributed by atoms with E-state index in [0.29, 0.717) is 0 Å². The molecule has 0 radical (unpaired) electrons. The molecule has 141 valence electrons. The molecule has 0 aromatic heterocycles. The molecule has 0 bridgehead atoms. The van der Waals surface area contributed by atoms with Gasteiger partial charge in [0.1, 0.15) is 0 Å². The molecule has 0 fully saturated rings. The first-order chi connectivity index (χ1) is 12.4. The summed E-state index contributed by atoms with van der Waals surface area (Å²) >= 11 is -0.441. The summed E-state index contributed by atoms with van der Waals surface area (Å²) in [4.78, 5) is 0. The summed E-state index contributed by atoms with van der Waals surface area (Å²) < 4.78 is 1.57. The molecule has 3 aromatic rings. The van der Waals surface area contributed by atoms with Gasteiger partial charge in [0.2, 0.25) is 0 Å². The predicted octanol–water partition coefficient (Wildman–Crippen LogP) is -3.08. The molecule has 0 saturated heterocycles. The molecule has 28 heavy (non-hydrogen) atoms. The van der Waals surface area contributed by atoms with E-state index in [1.165, 1.54) is 16.7 Å². The fraction of sp³-hybridized carbons (Fsp3) is 0.0833. The van der Waals surface area contributed by atoms with Gasteiger partial charge in [-0.3, -0.25) is 0 Å². The Bertz CT molecular complexity index is 794. The molecule has 0 heterocycles. The van der Waals surface area contributed by atoms with Crippen LogP contribution in [0.5, 0.6) is 0 Å². The molecule has 4 heteroatoms. The number of rotatable bonds is 5. The smallest absolute Gasteiger partial charge is 1.00 e. The molecule has 0 spiro atoms. The first-order valence-electron chi connectivity index (χ1n) is 8.70. The van der Waals surface area contributed by atoms with E-state index in [0.717, 1.165) is 6.42 Å². The molecular formula is C24H20Cl3Ti. The Hall–Kier alpha value is -1.28. The summed E-state index contributed by atoms with van der Waals surface area (Å²) in [5.74, 6) is 0.